The van der Waals surface area contributed by atoms with Gasteiger partial charge in [-0.25, -0.2) is 37.6 Å². The van der Waals surface area contributed by atoms with Gasteiger partial charge in [0.25, 0.3) is 0 Å². The summed E-state index contributed by atoms with van der Waals surface area (Å²) in [6.07, 6.45) is 3.63. The first-order chi connectivity index (χ1) is 49.9. The average molecular weight is 1450 g/mol. The van der Waals surface area contributed by atoms with E-state index in [1.165, 1.54) is 9.58 Å². The summed E-state index contributed by atoms with van der Waals surface area (Å²) in [5, 5.41) is 43.7. The van der Waals surface area contributed by atoms with Crippen LogP contribution in [0.15, 0.2) is 170 Å². The van der Waals surface area contributed by atoms with Crippen LogP contribution in [-0.2, 0) is 95.1 Å². The molecule has 33 nitrogen and oxygen atoms in total. The Bertz CT molecular complexity index is 5030. The summed E-state index contributed by atoms with van der Waals surface area (Å²) in [6, 6.07) is 46.8. The van der Waals surface area contributed by atoms with Crippen LogP contribution in [0.2, 0.25) is 0 Å². The number of nitrogens with zero attached hydrogens (tertiary/aromatic N) is 18. The predicted octanol–water partition coefficient (Wildman–Crippen LogP) is 9.11. The van der Waals surface area contributed by atoms with E-state index in [0.717, 1.165) is 72.6 Å². The lowest BCUT2D eigenvalue weighted by molar-refractivity contribution is 0.0515. The van der Waals surface area contributed by atoms with Gasteiger partial charge < -0.3 is 29.1 Å². The number of aromatic nitrogens is 15. The van der Waals surface area contributed by atoms with Crippen LogP contribution in [0.3, 0.4) is 0 Å². The van der Waals surface area contributed by atoms with Crippen LogP contribution in [0.25, 0.3) is 67.9 Å². The lowest BCUT2D eigenvalue weighted by Crippen LogP contribution is -2.35. The molecular weight excluding hydrogens is 1380 g/mol. The summed E-state index contributed by atoms with van der Waals surface area (Å²) < 4.78 is 67.5. The van der Waals surface area contributed by atoms with Crippen molar-refractivity contribution in [1.29, 1.82) is 0 Å². The Kier molecular flexibility index (Phi) is 19.6. The summed E-state index contributed by atoms with van der Waals surface area (Å²) in [6.45, 7) is -0.633. The molecule has 12 heterocycles. The molecule has 3 amide bonds. The number of carbonyl (C=O) groups excluding carboxylic acids is 3. The molecule has 0 bridgehead atoms. The number of hydrogen-bond acceptors (Lipinski definition) is 25. The average Bonchev–Trinajstić information content (AvgIpc) is 1.61. The molecular formula is C69H68N18O15P2. The third-order valence-electron chi connectivity index (χ3n) is 18.2. The van der Waals surface area contributed by atoms with Crippen LogP contribution in [0.4, 0.5) is 31.4 Å². The number of fused-ring (bicyclic) bond motifs is 9. The van der Waals surface area contributed by atoms with Crippen molar-refractivity contribution < 1.29 is 72.1 Å². The number of cyclic esters (lactones) is 3. The van der Waals surface area contributed by atoms with Gasteiger partial charge in [0.15, 0.2) is 17.5 Å². The molecule has 6 aliphatic heterocycles. The Balaban J connectivity index is 0.000000144. The number of pyridine rings is 3. The van der Waals surface area contributed by atoms with Crippen molar-refractivity contribution in [2.75, 3.05) is 34.5 Å². The Morgan fingerprint density at radius 3 is 1.11 bits per heavy atom. The van der Waals surface area contributed by atoms with Crippen molar-refractivity contribution in [2.45, 2.75) is 76.3 Å². The van der Waals surface area contributed by atoms with Crippen molar-refractivity contribution >= 4 is 51.0 Å². The number of aryl methyl sites for hydroxylation is 3. The molecule has 17 rings (SSSR count). The molecule has 6 aromatic heterocycles. The highest BCUT2D eigenvalue weighted by Crippen LogP contribution is 2.52. The molecule has 0 saturated carbocycles. The van der Waals surface area contributed by atoms with Gasteiger partial charge in [0, 0.05) is 57.9 Å². The van der Waals surface area contributed by atoms with E-state index in [-0.39, 0.29) is 60.0 Å². The molecule has 0 unspecified atom stereocenters. The van der Waals surface area contributed by atoms with E-state index in [1.54, 1.807) is 58.9 Å². The second kappa shape index (κ2) is 29.2. The summed E-state index contributed by atoms with van der Waals surface area (Å²) in [7, 11) is -3.43. The van der Waals surface area contributed by atoms with Crippen LogP contribution in [-0.4, -0.2) is 165 Å². The van der Waals surface area contributed by atoms with Crippen molar-refractivity contribution in [2.24, 2.45) is 21.1 Å². The fraction of sp³-hybridized carbons (Fsp3) is 0.261. The van der Waals surface area contributed by atoms with Crippen molar-refractivity contribution in [3.05, 3.63) is 198 Å². The molecule has 104 heavy (non-hydrogen) atoms. The molecule has 3 fully saturated rings. The molecule has 3 saturated heterocycles. The van der Waals surface area contributed by atoms with Crippen molar-refractivity contribution in [3.63, 3.8) is 0 Å². The first-order valence-corrected chi connectivity index (χ1v) is 35.3. The Hall–Kier alpha value is -11.3. The topological polar surface area (TPSA) is 390 Å². The Labute approximate surface area is 594 Å². The molecule has 0 aliphatic carbocycles. The molecule has 6 aliphatic rings. The predicted molar refractivity (Wildman–Crippen MR) is 373 cm³/mol. The van der Waals surface area contributed by atoms with E-state index in [9.17, 15) is 28.6 Å². The first-order valence-electron chi connectivity index (χ1n) is 32.3. The molecule has 534 valence electrons. The van der Waals surface area contributed by atoms with Gasteiger partial charge >= 0.3 is 33.9 Å². The molecule has 0 radical (unpaired) electrons. The van der Waals surface area contributed by atoms with E-state index in [0.29, 0.717) is 59.5 Å². The number of aliphatic hydroxyl groups is 1. The number of carbonyl (C=O) groups is 3. The zero-order valence-corrected chi connectivity index (χ0v) is 56.8. The van der Waals surface area contributed by atoms with Crippen molar-refractivity contribution in [3.8, 4) is 67.9 Å². The highest BCUT2D eigenvalue weighted by atomic mass is 31.2. The minimum atomic E-state index is -4.65. The van der Waals surface area contributed by atoms with Crippen LogP contribution in [0.5, 0.6) is 0 Å². The van der Waals surface area contributed by atoms with Crippen LogP contribution >= 0.6 is 15.6 Å². The molecule has 6 atom stereocenters. The first kappa shape index (κ1) is 69.8. The normalized spacial score (nSPS) is 18.8. The quantitative estimate of drug-likeness (QED) is 0.0501. The van der Waals surface area contributed by atoms with Gasteiger partial charge in [0.1, 0.15) is 35.4 Å². The van der Waals surface area contributed by atoms with E-state index in [1.807, 2.05) is 140 Å². The van der Waals surface area contributed by atoms with E-state index < -0.39 is 52.2 Å². The zero-order valence-electron chi connectivity index (χ0n) is 55.0. The van der Waals surface area contributed by atoms with Crippen LogP contribution < -0.4 is 14.7 Å². The highest BCUT2D eigenvalue weighted by molar-refractivity contribution is 7.48. The lowest BCUT2D eigenvalue weighted by atomic mass is 10.0. The van der Waals surface area contributed by atoms with E-state index in [4.69, 9.17) is 37.6 Å². The smallest absolute Gasteiger partial charge is 0.441 e. The minimum absolute atomic E-state index is 0. The Morgan fingerprint density at radius 1 is 0.452 bits per heavy atom. The third-order valence-corrected chi connectivity index (χ3v) is 20.1. The maximum Gasteiger partial charge on any atom is 0.475 e. The zero-order chi connectivity index (χ0) is 71.1. The van der Waals surface area contributed by atoms with Gasteiger partial charge in [0.05, 0.1) is 68.2 Å². The fourth-order valence-corrected chi connectivity index (χ4v) is 14.7. The summed E-state index contributed by atoms with van der Waals surface area (Å²) >= 11 is 0. The van der Waals surface area contributed by atoms with Gasteiger partial charge in [-0.15, -0.1) is 15.3 Å². The number of aliphatic hydroxyl groups excluding tert-OH is 1. The maximum atomic E-state index is 13.8. The SMILES string of the molecule is C.Cn1nnnc1-c1ccc(-c2ccc3c(c2)C[C@H]2[C@H](CO)OC(=O)N32)cn1.Cn1nnnc1-c1ccc(-c2ccc3c(c2)C[C@H]2[C@H](COP(=O)(O)O)OC(=O)N32)cn1.Cn1nnnc1-c1ccc(-c2ccc3c(c2)C[C@H]2[C@H](COP(=O)(OCc4ccccc4)OCc4ccccc4)OC(=O)N32)cn1.[HH]. The van der Waals surface area contributed by atoms with E-state index >= 15 is 0 Å². The second-order valence-electron chi connectivity index (χ2n) is 24.6. The maximum absolute atomic E-state index is 13.8. The summed E-state index contributed by atoms with van der Waals surface area (Å²) in [4.78, 5) is 73.5. The van der Waals surface area contributed by atoms with Gasteiger partial charge in [-0.2, -0.15) is 0 Å². The van der Waals surface area contributed by atoms with Gasteiger partial charge in [-0.3, -0.25) is 47.7 Å². The summed E-state index contributed by atoms with van der Waals surface area (Å²) in [5.74, 6) is 1.73. The standard InChI is InChI=1S/C32H29N6O6P.C18H17N6O6P.C18H16N6O3.CH4.H2/c1-37-31(34-35-36-37)27-14-12-25(18-33-27)24-13-15-28-26(16-24)17-29-30(44-32(39)38(28)29)21-43-45(40,41-19-22-8-4-2-5-9-22)42-20-23-10-6-3-7-11-23;1-23-17(20-21-22-23)13-4-2-11(8-19-13)10-3-5-14-12(6-10)7-15-16(9-29-31(26,27)28)30-18(25)24(14)15;1-23-17(20-21-22-23)13-4-2-11(8-19-13)10-3-5-14-12(6-10)7-15-16(9-25)27-18(26)24(14)15;;/h2-16,18,29-30H,17,19-21H2,1H3;2-6,8,15-16H,7,9H2,1H3,(H2,26,27,28);2-6,8,15-16,25H,7,9H2,1H3;1H4;1H/t29-,30-;2*15-,16-;;/m000../s1. The second-order valence-corrected chi connectivity index (χ2v) is 27.5. The van der Waals surface area contributed by atoms with Gasteiger partial charge in [-0.1, -0.05) is 104 Å². The number of ether oxygens (including phenoxy) is 3. The number of phosphoric acid groups is 2. The van der Waals surface area contributed by atoms with Crippen molar-refractivity contribution in [1.82, 2.24) is 75.6 Å². The molecule has 3 N–H and O–H groups in total. The highest BCUT2D eigenvalue weighted by Gasteiger charge is 2.51. The number of hydrogen-bond donors (Lipinski definition) is 3. The number of anilines is 3. The summed E-state index contributed by atoms with van der Waals surface area (Å²) in [5.41, 5.74) is 14.6. The van der Waals surface area contributed by atoms with Gasteiger partial charge in [0.2, 0.25) is 0 Å². The number of benzene rings is 5. The fourth-order valence-electron chi connectivity index (χ4n) is 13.1. The largest absolute Gasteiger partial charge is 0.475 e. The molecule has 0 spiro atoms. The van der Waals surface area contributed by atoms with Gasteiger partial charge in [-0.05, 0) is 150 Å². The molecule has 35 heteroatoms. The lowest BCUT2D eigenvalue weighted by Gasteiger charge is -2.21. The number of phosphoric ester groups is 2. The molecule has 5 aromatic carbocycles. The third kappa shape index (κ3) is 14.3. The van der Waals surface area contributed by atoms with Crippen LogP contribution in [0, 0.1) is 0 Å². The minimum Gasteiger partial charge on any atom is -0.441 e. The number of rotatable bonds is 19. The molecule has 11 aromatic rings. The Morgan fingerprint density at radius 2 is 0.788 bits per heavy atom. The van der Waals surface area contributed by atoms with Crippen LogP contribution in [0.1, 0.15) is 36.7 Å². The number of tetrazole rings is 3. The number of amides is 3. The monoisotopic (exact) mass is 1450 g/mol. The van der Waals surface area contributed by atoms with E-state index in [2.05, 4.69) is 78.2 Å².